The largest absolute Gasteiger partial charge is 0.302 e. The molecule has 0 aliphatic heterocycles. The van der Waals surface area contributed by atoms with Gasteiger partial charge < -0.3 is 5.32 Å². The van der Waals surface area contributed by atoms with Crippen LogP contribution in [0.25, 0.3) is 0 Å². The fraction of sp³-hybridized carbons (Fsp3) is 0.688. The van der Waals surface area contributed by atoms with Crippen molar-refractivity contribution in [1.82, 2.24) is 15.3 Å². The lowest BCUT2D eigenvalue weighted by Crippen LogP contribution is -2.44. The van der Waals surface area contributed by atoms with Crippen molar-refractivity contribution >= 4 is 11.8 Å². The molecule has 0 bridgehead atoms. The summed E-state index contributed by atoms with van der Waals surface area (Å²) in [4.78, 5) is 9.09. The number of nitrogens with one attached hydrogen (secondary N) is 1. The highest BCUT2D eigenvalue weighted by atomic mass is 32.2. The van der Waals surface area contributed by atoms with E-state index in [-0.39, 0.29) is 5.54 Å². The van der Waals surface area contributed by atoms with Crippen molar-refractivity contribution < 1.29 is 0 Å². The third kappa shape index (κ3) is 3.38. The monoisotopic (exact) mass is 304 g/mol. The summed E-state index contributed by atoms with van der Waals surface area (Å²) >= 11 is 1.71. The first-order valence-electron chi connectivity index (χ1n) is 7.57. The molecule has 0 aromatic carbocycles. The minimum Gasteiger partial charge on any atom is -0.302 e. The Morgan fingerprint density at radius 3 is 2.57 bits per heavy atom. The van der Waals surface area contributed by atoms with Crippen molar-refractivity contribution in [3.05, 3.63) is 17.0 Å². The normalized spacial score (nSPS) is 25.0. The summed E-state index contributed by atoms with van der Waals surface area (Å²) in [5.74, 6) is 1.41. The van der Waals surface area contributed by atoms with Gasteiger partial charge in [0.15, 0.2) is 5.16 Å². The zero-order valence-corrected chi connectivity index (χ0v) is 14.2. The molecule has 4 nitrogen and oxygen atoms in total. The number of hydrogen-bond donors (Lipinski definition) is 1. The number of aryl methyl sites for hydroxylation is 2. The second-order valence-electron chi connectivity index (χ2n) is 5.86. The van der Waals surface area contributed by atoms with E-state index in [4.69, 9.17) is 0 Å². The molecule has 5 heteroatoms. The van der Waals surface area contributed by atoms with Gasteiger partial charge in [-0.2, -0.15) is 5.26 Å². The molecule has 1 fully saturated rings. The highest BCUT2D eigenvalue weighted by molar-refractivity contribution is 7.99. The molecule has 2 atom stereocenters. The van der Waals surface area contributed by atoms with Gasteiger partial charge in [0.25, 0.3) is 0 Å². The maximum absolute atomic E-state index is 9.46. The number of nitriles is 1. The molecule has 1 aromatic rings. The Kier molecular flexibility index (Phi) is 5.23. The molecule has 0 saturated heterocycles. The fourth-order valence-corrected chi connectivity index (χ4v) is 4.09. The third-order valence-electron chi connectivity index (χ3n) is 4.78. The average Bonchev–Trinajstić information content (AvgIpc) is 2.88. The zero-order valence-electron chi connectivity index (χ0n) is 13.4. The molecule has 21 heavy (non-hydrogen) atoms. The van der Waals surface area contributed by atoms with Crippen LogP contribution in [-0.4, -0.2) is 28.3 Å². The van der Waals surface area contributed by atoms with Gasteiger partial charge in [-0.15, -0.1) is 0 Å². The van der Waals surface area contributed by atoms with Crippen LogP contribution in [0.5, 0.6) is 0 Å². The first-order valence-corrected chi connectivity index (χ1v) is 8.56. The number of rotatable bonds is 5. The van der Waals surface area contributed by atoms with Crippen LogP contribution in [0.1, 0.15) is 42.6 Å². The smallest absolute Gasteiger partial charge is 0.187 e. The third-order valence-corrected chi connectivity index (χ3v) is 5.66. The number of thioether (sulfide) groups is 1. The summed E-state index contributed by atoms with van der Waals surface area (Å²) in [6, 6.07) is 2.50. The Bertz CT molecular complexity index is 529. The van der Waals surface area contributed by atoms with Gasteiger partial charge in [0.05, 0.1) is 6.07 Å². The van der Waals surface area contributed by atoms with Crippen molar-refractivity contribution in [3.8, 4) is 6.07 Å². The molecule has 1 aliphatic rings. The van der Waals surface area contributed by atoms with Crippen molar-refractivity contribution in [2.75, 3.05) is 12.8 Å². The van der Waals surface area contributed by atoms with Gasteiger partial charge in [-0.05, 0) is 58.6 Å². The van der Waals surface area contributed by atoms with Crippen LogP contribution in [0, 0.1) is 38.0 Å². The first kappa shape index (κ1) is 16.3. The van der Waals surface area contributed by atoms with Gasteiger partial charge in [-0.3, -0.25) is 0 Å². The molecular weight excluding hydrogens is 280 g/mol. The molecule has 1 saturated carbocycles. The van der Waals surface area contributed by atoms with Crippen molar-refractivity contribution in [3.63, 3.8) is 0 Å². The van der Waals surface area contributed by atoms with Gasteiger partial charge in [-0.1, -0.05) is 18.2 Å². The second-order valence-corrected chi connectivity index (χ2v) is 6.92. The van der Waals surface area contributed by atoms with Gasteiger partial charge in [0.2, 0.25) is 0 Å². The van der Waals surface area contributed by atoms with E-state index in [1.165, 1.54) is 5.56 Å². The Morgan fingerprint density at radius 1 is 1.33 bits per heavy atom. The van der Waals surface area contributed by atoms with E-state index in [1.807, 2.05) is 20.9 Å². The summed E-state index contributed by atoms with van der Waals surface area (Å²) in [6.45, 7) is 6.13. The van der Waals surface area contributed by atoms with Crippen molar-refractivity contribution in [1.29, 1.82) is 5.26 Å². The number of hydrogen-bond acceptors (Lipinski definition) is 5. The molecule has 2 rings (SSSR count). The number of aromatic nitrogens is 2. The van der Waals surface area contributed by atoms with Crippen molar-refractivity contribution in [2.24, 2.45) is 5.92 Å². The van der Waals surface area contributed by atoms with E-state index >= 15 is 0 Å². The van der Waals surface area contributed by atoms with Gasteiger partial charge in [-0.25, -0.2) is 9.97 Å². The molecule has 0 spiro atoms. The molecule has 2 unspecified atom stereocenters. The molecule has 0 amide bonds. The molecule has 1 heterocycles. The van der Waals surface area contributed by atoms with E-state index in [2.05, 4.69) is 28.3 Å². The van der Waals surface area contributed by atoms with E-state index < -0.39 is 0 Å². The summed E-state index contributed by atoms with van der Waals surface area (Å²) in [5, 5.41) is 13.6. The second kappa shape index (κ2) is 6.76. The predicted molar refractivity (Wildman–Crippen MR) is 86.3 cm³/mol. The minimum absolute atomic E-state index is 0.319. The predicted octanol–water partition coefficient (Wildman–Crippen LogP) is 3.17. The van der Waals surface area contributed by atoms with Crippen LogP contribution in [-0.2, 0) is 0 Å². The maximum atomic E-state index is 9.46. The minimum atomic E-state index is -0.319. The SMILES string of the molecule is CNC1(C#N)CCCC1CCSc1nc(C)c(C)c(C)n1. The Morgan fingerprint density at radius 2 is 2.00 bits per heavy atom. The highest BCUT2D eigenvalue weighted by Gasteiger charge is 2.41. The van der Waals surface area contributed by atoms with Crippen LogP contribution in [0.4, 0.5) is 0 Å². The summed E-state index contributed by atoms with van der Waals surface area (Å²) in [7, 11) is 1.91. The standard InChI is InChI=1S/C16H24N4S/c1-11-12(2)19-15(20-13(11)3)21-9-7-14-6-5-8-16(14,10-17)18-4/h14,18H,5-9H2,1-4H3. The zero-order chi connectivity index (χ0) is 15.5. The maximum Gasteiger partial charge on any atom is 0.187 e. The molecule has 1 aliphatic carbocycles. The fourth-order valence-electron chi connectivity index (χ4n) is 3.10. The Labute approximate surface area is 131 Å². The first-order chi connectivity index (χ1) is 10.0. The molecule has 0 radical (unpaired) electrons. The highest BCUT2D eigenvalue weighted by Crippen LogP contribution is 2.38. The van der Waals surface area contributed by atoms with E-state index in [9.17, 15) is 5.26 Å². The molecule has 114 valence electrons. The quantitative estimate of drug-likeness (QED) is 0.669. The molecule has 1 N–H and O–H groups in total. The molecular formula is C16H24N4S. The lowest BCUT2D eigenvalue weighted by Gasteiger charge is -2.28. The number of nitrogens with zero attached hydrogens (tertiary/aromatic N) is 3. The summed E-state index contributed by atoms with van der Waals surface area (Å²) in [6.07, 6.45) is 4.29. The van der Waals surface area contributed by atoms with Crippen LogP contribution in [0.2, 0.25) is 0 Å². The molecule has 1 aromatic heterocycles. The lowest BCUT2D eigenvalue weighted by molar-refractivity contribution is 0.332. The van der Waals surface area contributed by atoms with Gasteiger partial charge in [0.1, 0.15) is 5.54 Å². The van der Waals surface area contributed by atoms with Crippen LogP contribution in [0.15, 0.2) is 5.16 Å². The van der Waals surface area contributed by atoms with Crippen LogP contribution >= 0.6 is 11.8 Å². The van der Waals surface area contributed by atoms with E-state index in [0.29, 0.717) is 5.92 Å². The lowest BCUT2D eigenvalue weighted by atomic mass is 9.87. The topological polar surface area (TPSA) is 61.6 Å². The van der Waals surface area contributed by atoms with Gasteiger partial charge >= 0.3 is 0 Å². The van der Waals surface area contributed by atoms with Crippen LogP contribution in [0.3, 0.4) is 0 Å². The van der Waals surface area contributed by atoms with Gasteiger partial charge in [0, 0.05) is 17.1 Å². The summed E-state index contributed by atoms with van der Waals surface area (Å²) in [5.41, 5.74) is 2.98. The van der Waals surface area contributed by atoms with Crippen LogP contribution < -0.4 is 5.32 Å². The average molecular weight is 304 g/mol. The van der Waals surface area contributed by atoms with E-state index in [0.717, 1.165) is 48.0 Å². The van der Waals surface area contributed by atoms with E-state index in [1.54, 1.807) is 11.8 Å². The Hall–Kier alpha value is -1.12. The summed E-state index contributed by atoms with van der Waals surface area (Å²) < 4.78 is 0. The Balaban J connectivity index is 1.94. The van der Waals surface area contributed by atoms with Crippen molar-refractivity contribution in [2.45, 2.75) is 57.1 Å².